The Balaban J connectivity index is 2.11. The molecule has 4 heteroatoms. The van der Waals surface area contributed by atoms with E-state index in [4.69, 9.17) is 9.47 Å². The summed E-state index contributed by atoms with van der Waals surface area (Å²) in [6.45, 7) is 0. The first-order valence-electron chi connectivity index (χ1n) is 8.31. The Morgan fingerprint density at radius 2 is 1.77 bits per heavy atom. The third-order valence-corrected chi connectivity index (χ3v) is 4.29. The molecule has 0 heterocycles. The zero-order valence-corrected chi connectivity index (χ0v) is 15.1. The van der Waals surface area contributed by atoms with Gasteiger partial charge in [-0.25, -0.2) is 0 Å². The Kier molecular flexibility index (Phi) is 5.23. The number of rotatable bonds is 5. The normalized spacial score (nSPS) is 10.9. The first-order valence-corrected chi connectivity index (χ1v) is 8.31. The number of amides is 1. The van der Waals surface area contributed by atoms with E-state index >= 15 is 0 Å². The number of fused-ring (bicyclic) bond motifs is 1. The highest BCUT2D eigenvalue weighted by Crippen LogP contribution is 2.33. The number of carbonyl (C=O) groups excluding carboxylic acids is 1. The highest BCUT2D eigenvalue weighted by molar-refractivity contribution is 5.99. The van der Waals surface area contributed by atoms with Crippen LogP contribution in [0.25, 0.3) is 28.0 Å². The number of benzene rings is 3. The lowest BCUT2D eigenvalue weighted by atomic mass is 9.97. The van der Waals surface area contributed by atoms with Crippen LogP contribution < -0.4 is 14.8 Å². The second-order valence-electron chi connectivity index (χ2n) is 5.80. The SMILES string of the molecule is CNC(=O)/C=C/c1c(OC)ccc2cc(-c3cccc(OC)c3)ccc12. The second kappa shape index (κ2) is 7.74. The van der Waals surface area contributed by atoms with E-state index in [0.29, 0.717) is 0 Å². The molecule has 0 bridgehead atoms. The summed E-state index contributed by atoms with van der Waals surface area (Å²) >= 11 is 0. The van der Waals surface area contributed by atoms with E-state index in [1.54, 1.807) is 27.3 Å². The molecule has 0 aliphatic heterocycles. The van der Waals surface area contributed by atoms with Crippen LogP contribution in [0.5, 0.6) is 11.5 Å². The predicted octanol–water partition coefficient (Wildman–Crippen LogP) is 4.28. The third-order valence-electron chi connectivity index (χ3n) is 4.29. The largest absolute Gasteiger partial charge is 0.497 e. The van der Waals surface area contributed by atoms with Gasteiger partial charge in [0.05, 0.1) is 14.2 Å². The molecule has 3 rings (SSSR count). The molecule has 3 aromatic carbocycles. The maximum Gasteiger partial charge on any atom is 0.243 e. The van der Waals surface area contributed by atoms with Crippen molar-refractivity contribution in [3.05, 3.63) is 66.2 Å². The van der Waals surface area contributed by atoms with E-state index in [-0.39, 0.29) is 5.91 Å². The van der Waals surface area contributed by atoms with Crippen LogP contribution in [-0.4, -0.2) is 27.2 Å². The average Bonchev–Trinajstić information content (AvgIpc) is 2.71. The Labute approximate surface area is 153 Å². The standard InChI is InChI=1S/C22H21NO3/c1-23-22(24)12-10-20-19-9-7-16(13-17(19)8-11-21(20)26-3)15-5-4-6-18(14-15)25-2/h4-14H,1-3H3,(H,23,24)/b12-10+. The van der Waals surface area contributed by atoms with Crippen molar-refractivity contribution in [2.24, 2.45) is 0 Å². The number of carbonyl (C=O) groups is 1. The van der Waals surface area contributed by atoms with Gasteiger partial charge < -0.3 is 14.8 Å². The monoisotopic (exact) mass is 347 g/mol. The van der Waals surface area contributed by atoms with Crippen molar-refractivity contribution >= 4 is 22.8 Å². The Morgan fingerprint density at radius 3 is 2.50 bits per heavy atom. The summed E-state index contributed by atoms with van der Waals surface area (Å²) in [6.07, 6.45) is 3.29. The van der Waals surface area contributed by atoms with Crippen LogP contribution in [0.3, 0.4) is 0 Å². The van der Waals surface area contributed by atoms with Gasteiger partial charge in [-0.05, 0) is 52.2 Å². The molecule has 0 saturated carbocycles. The topological polar surface area (TPSA) is 47.6 Å². The average molecular weight is 347 g/mol. The molecule has 132 valence electrons. The maximum atomic E-state index is 11.6. The third kappa shape index (κ3) is 3.54. The van der Waals surface area contributed by atoms with Crippen LogP contribution in [0.2, 0.25) is 0 Å². The number of nitrogens with one attached hydrogen (secondary N) is 1. The molecule has 4 nitrogen and oxygen atoms in total. The summed E-state index contributed by atoms with van der Waals surface area (Å²) in [4.78, 5) is 11.6. The van der Waals surface area contributed by atoms with Gasteiger partial charge in [-0.2, -0.15) is 0 Å². The molecule has 3 aromatic rings. The molecule has 0 saturated heterocycles. The molecule has 0 radical (unpaired) electrons. The molecule has 0 atom stereocenters. The first kappa shape index (κ1) is 17.5. The van der Waals surface area contributed by atoms with Gasteiger partial charge in [-0.15, -0.1) is 0 Å². The molecule has 0 fully saturated rings. The van der Waals surface area contributed by atoms with Gasteiger partial charge in [0.2, 0.25) is 5.91 Å². The van der Waals surface area contributed by atoms with Crippen molar-refractivity contribution in [3.63, 3.8) is 0 Å². The minimum atomic E-state index is -0.156. The lowest BCUT2D eigenvalue weighted by Gasteiger charge is -2.11. The fourth-order valence-electron chi connectivity index (χ4n) is 2.91. The lowest BCUT2D eigenvalue weighted by molar-refractivity contribution is -0.115. The minimum Gasteiger partial charge on any atom is -0.497 e. The summed E-state index contributed by atoms with van der Waals surface area (Å²) in [5.74, 6) is 1.40. The van der Waals surface area contributed by atoms with E-state index in [1.165, 1.54) is 6.08 Å². The molecule has 0 spiro atoms. The molecular formula is C22H21NO3. The molecule has 0 aromatic heterocycles. The van der Waals surface area contributed by atoms with Crippen molar-refractivity contribution in [2.75, 3.05) is 21.3 Å². The Bertz CT molecular complexity index is 976. The number of hydrogen-bond acceptors (Lipinski definition) is 3. The van der Waals surface area contributed by atoms with E-state index in [9.17, 15) is 4.79 Å². The molecule has 0 aliphatic carbocycles. The van der Waals surface area contributed by atoms with Crippen LogP contribution >= 0.6 is 0 Å². The first-order chi connectivity index (χ1) is 12.7. The van der Waals surface area contributed by atoms with Crippen LogP contribution in [0.4, 0.5) is 0 Å². The van der Waals surface area contributed by atoms with Crippen molar-refractivity contribution in [3.8, 4) is 22.6 Å². The van der Waals surface area contributed by atoms with Gasteiger partial charge in [0.1, 0.15) is 11.5 Å². The van der Waals surface area contributed by atoms with Crippen molar-refractivity contribution in [1.82, 2.24) is 5.32 Å². The quantitative estimate of drug-likeness (QED) is 0.701. The van der Waals surface area contributed by atoms with Gasteiger partial charge >= 0.3 is 0 Å². The molecular weight excluding hydrogens is 326 g/mol. The molecule has 0 aliphatic rings. The smallest absolute Gasteiger partial charge is 0.243 e. The van der Waals surface area contributed by atoms with Crippen LogP contribution in [0.15, 0.2) is 60.7 Å². The Morgan fingerprint density at radius 1 is 0.962 bits per heavy atom. The zero-order chi connectivity index (χ0) is 18.5. The van der Waals surface area contributed by atoms with E-state index in [0.717, 1.165) is 39.0 Å². The predicted molar refractivity (Wildman–Crippen MR) is 106 cm³/mol. The number of ether oxygens (including phenoxy) is 2. The van der Waals surface area contributed by atoms with Crippen molar-refractivity contribution < 1.29 is 14.3 Å². The number of methoxy groups -OCH3 is 2. The zero-order valence-electron chi connectivity index (χ0n) is 15.1. The summed E-state index contributed by atoms with van der Waals surface area (Å²) in [7, 11) is 4.90. The fraction of sp³-hybridized carbons (Fsp3) is 0.136. The molecule has 0 unspecified atom stereocenters. The molecule has 1 N–H and O–H groups in total. The summed E-state index contributed by atoms with van der Waals surface area (Å²) in [5, 5.41) is 4.68. The number of hydrogen-bond donors (Lipinski definition) is 1. The van der Waals surface area contributed by atoms with Crippen molar-refractivity contribution in [1.29, 1.82) is 0 Å². The van der Waals surface area contributed by atoms with E-state index < -0.39 is 0 Å². The van der Waals surface area contributed by atoms with Crippen LogP contribution in [0.1, 0.15) is 5.56 Å². The second-order valence-corrected chi connectivity index (χ2v) is 5.80. The van der Waals surface area contributed by atoms with E-state index in [1.807, 2.05) is 30.3 Å². The minimum absolute atomic E-state index is 0.156. The van der Waals surface area contributed by atoms with Crippen LogP contribution in [-0.2, 0) is 4.79 Å². The lowest BCUT2D eigenvalue weighted by Crippen LogP contribution is -2.13. The summed E-state index contributed by atoms with van der Waals surface area (Å²) < 4.78 is 10.8. The van der Waals surface area contributed by atoms with Gasteiger partial charge in [0.15, 0.2) is 0 Å². The Hall–Kier alpha value is -3.27. The number of likely N-dealkylation sites (N-methyl/N-ethyl adjacent to an activating group) is 1. The van der Waals surface area contributed by atoms with Gasteiger partial charge in [0, 0.05) is 18.7 Å². The molecule has 26 heavy (non-hydrogen) atoms. The fourth-order valence-corrected chi connectivity index (χ4v) is 2.91. The molecule has 1 amide bonds. The van der Waals surface area contributed by atoms with Crippen LogP contribution in [0, 0.1) is 0 Å². The highest BCUT2D eigenvalue weighted by Gasteiger charge is 2.08. The highest BCUT2D eigenvalue weighted by atomic mass is 16.5. The van der Waals surface area contributed by atoms with Gasteiger partial charge in [-0.3, -0.25) is 4.79 Å². The van der Waals surface area contributed by atoms with Gasteiger partial charge in [0.25, 0.3) is 0 Å². The van der Waals surface area contributed by atoms with E-state index in [2.05, 4.69) is 29.6 Å². The summed E-state index contributed by atoms with van der Waals surface area (Å²) in [5.41, 5.74) is 3.07. The summed E-state index contributed by atoms with van der Waals surface area (Å²) in [6, 6.07) is 18.2. The van der Waals surface area contributed by atoms with Gasteiger partial charge in [-0.1, -0.05) is 30.3 Å². The van der Waals surface area contributed by atoms with Crippen molar-refractivity contribution in [2.45, 2.75) is 0 Å². The maximum absolute atomic E-state index is 11.6.